The Morgan fingerprint density at radius 2 is 2.00 bits per heavy atom. The summed E-state index contributed by atoms with van der Waals surface area (Å²) >= 11 is 0. The molecule has 13 heavy (non-hydrogen) atoms. The number of hydrogen-bond acceptors (Lipinski definition) is 3. The quantitative estimate of drug-likeness (QED) is 0.621. The van der Waals surface area contributed by atoms with Gasteiger partial charge in [-0.25, -0.2) is 4.79 Å². The molecule has 0 heterocycles. The van der Waals surface area contributed by atoms with Crippen molar-refractivity contribution in [2.75, 3.05) is 0 Å². The van der Waals surface area contributed by atoms with Crippen molar-refractivity contribution < 1.29 is 14.3 Å². The molecule has 0 saturated carbocycles. The summed E-state index contributed by atoms with van der Waals surface area (Å²) in [7, 11) is 0. The van der Waals surface area contributed by atoms with Crippen LogP contribution in [0.25, 0.3) is 0 Å². The third-order valence-electron chi connectivity index (χ3n) is 1.74. The molecule has 77 valence electrons. The molecule has 0 fully saturated rings. The first-order valence-electron chi connectivity index (χ1n) is 4.76. The lowest BCUT2D eigenvalue weighted by Gasteiger charge is -2.14. The van der Waals surface area contributed by atoms with Crippen LogP contribution in [0.15, 0.2) is 0 Å². The van der Waals surface area contributed by atoms with Gasteiger partial charge in [0.05, 0.1) is 0 Å². The maximum atomic E-state index is 11.0. The summed E-state index contributed by atoms with van der Waals surface area (Å²) in [6.07, 6.45) is 2.86. The first-order valence-corrected chi connectivity index (χ1v) is 4.76. The van der Waals surface area contributed by atoms with E-state index in [1.165, 1.54) is 0 Å². The van der Waals surface area contributed by atoms with Crippen LogP contribution in [-0.4, -0.2) is 18.4 Å². The number of carbonyl (C=O) groups is 1. The van der Waals surface area contributed by atoms with Crippen molar-refractivity contribution in [3.63, 3.8) is 0 Å². The van der Waals surface area contributed by atoms with Gasteiger partial charge in [-0.05, 0) is 26.7 Å². The van der Waals surface area contributed by atoms with Crippen molar-refractivity contribution in [1.82, 2.24) is 0 Å². The fourth-order valence-electron chi connectivity index (χ4n) is 0.877. The maximum Gasteiger partial charge on any atom is 0.508 e. The van der Waals surface area contributed by atoms with Crippen molar-refractivity contribution in [1.29, 1.82) is 0 Å². The van der Waals surface area contributed by atoms with Crippen LogP contribution in [0.3, 0.4) is 0 Å². The van der Waals surface area contributed by atoms with Crippen molar-refractivity contribution in [2.24, 2.45) is 0 Å². The van der Waals surface area contributed by atoms with Gasteiger partial charge in [0.2, 0.25) is 0 Å². The van der Waals surface area contributed by atoms with Crippen molar-refractivity contribution in [3.8, 4) is 0 Å². The molecule has 0 aromatic heterocycles. The molecule has 0 saturated heterocycles. The van der Waals surface area contributed by atoms with E-state index in [0.717, 1.165) is 12.8 Å². The highest BCUT2D eigenvalue weighted by Crippen LogP contribution is 2.04. The summed E-state index contributed by atoms with van der Waals surface area (Å²) in [6.45, 7) is 7.55. The van der Waals surface area contributed by atoms with Crippen molar-refractivity contribution in [2.45, 2.75) is 52.7 Å². The molecule has 0 spiro atoms. The third kappa shape index (κ3) is 6.43. The lowest BCUT2D eigenvalue weighted by Crippen LogP contribution is -2.20. The van der Waals surface area contributed by atoms with Gasteiger partial charge in [0.25, 0.3) is 0 Å². The summed E-state index contributed by atoms with van der Waals surface area (Å²) < 4.78 is 9.88. The Kier molecular flexibility index (Phi) is 6.37. The topological polar surface area (TPSA) is 35.5 Å². The Labute approximate surface area is 80.4 Å². The van der Waals surface area contributed by atoms with Gasteiger partial charge in [-0.2, -0.15) is 0 Å². The zero-order chi connectivity index (χ0) is 10.3. The monoisotopic (exact) mass is 187 g/mol. The van der Waals surface area contributed by atoms with Crippen LogP contribution >= 0.6 is 0 Å². The van der Waals surface area contributed by atoms with E-state index in [-0.39, 0.29) is 12.2 Å². The molecule has 0 aliphatic heterocycles. The van der Waals surface area contributed by atoms with Gasteiger partial charge in [0, 0.05) is 0 Å². The molecular weight excluding hydrogens is 168 g/mol. The molecule has 0 amide bonds. The van der Waals surface area contributed by atoms with Gasteiger partial charge in [0.1, 0.15) is 12.2 Å². The zero-order valence-corrected chi connectivity index (χ0v) is 8.87. The van der Waals surface area contributed by atoms with E-state index in [9.17, 15) is 4.79 Å². The molecule has 3 heteroatoms. The molecule has 0 aliphatic rings. The third-order valence-corrected chi connectivity index (χ3v) is 1.74. The normalized spacial score (nSPS) is 14.8. The molecule has 0 bridgehead atoms. The first kappa shape index (κ1) is 12.3. The van der Waals surface area contributed by atoms with Crippen LogP contribution in [0.4, 0.5) is 4.79 Å². The Hall–Kier alpha value is -0.730. The van der Waals surface area contributed by atoms with Crippen LogP contribution in [0.2, 0.25) is 0 Å². The molecule has 2 atom stereocenters. The van der Waals surface area contributed by atoms with E-state index >= 15 is 0 Å². The number of rotatable bonds is 5. The van der Waals surface area contributed by atoms with E-state index in [1.54, 1.807) is 13.3 Å². The lowest BCUT2D eigenvalue weighted by molar-refractivity contribution is 0.0127. The summed E-state index contributed by atoms with van der Waals surface area (Å²) in [5.74, 6) is 0. The smallest absolute Gasteiger partial charge is 0.431 e. The van der Waals surface area contributed by atoms with Gasteiger partial charge in [-0.3, -0.25) is 0 Å². The SMILES string of the molecule is C[CH][C@@H](C)OC(=O)O[C@@H](C)CCC. The minimum absolute atomic E-state index is 0.0541. The summed E-state index contributed by atoms with van der Waals surface area (Å²) in [4.78, 5) is 11.0. The van der Waals surface area contributed by atoms with E-state index in [0.29, 0.717) is 0 Å². The van der Waals surface area contributed by atoms with Crippen LogP contribution in [-0.2, 0) is 9.47 Å². The van der Waals surface area contributed by atoms with Crippen LogP contribution in [0, 0.1) is 6.42 Å². The summed E-state index contributed by atoms with van der Waals surface area (Å²) in [5, 5.41) is 0. The second-order valence-corrected chi connectivity index (χ2v) is 3.12. The fourth-order valence-corrected chi connectivity index (χ4v) is 0.877. The predicted octanol–water partition coefficient (Wildman–Crippen LogP) is 2.94. The van der Waals surface area contributed by atoms with Gasteiger partial charge in [-0.1, -0.05) is 20.3 Å². The molecule has 0 N–H and O–H groups in total. The Balaban J connectivity index is 3.61. The van der Waals surface area contributed by atoms with Crippen LogP contribution in [0.5, 0.6) is 0 Å². The largest absolute Gasteiger partial charge is 0.508 e. The molecule has 0 aliphatic carbocycles. The van der Waals surface area contributed by atoms with Gasteiger partial charge < -0.3 is 9.47 Å². The average Bonchev–Trinajstić information content (AvgIpc) is 2.04. The Bertz CT molecular complexity index is 145. The second-order valence-electron chi connectivity index (χ2n) is 3.12. The lowest BCUT2D eigenvalue weighted by atomic mass is 10.2. The van der Waals surface area contributed by atoms with E-state index < -0.39 is 6.16 Å². The van der Waals surface area contributed by atoms with Crippen molar-refractivity contribution in [3.05, 3.63) is 6.42 Å². The standard InChI is InChI=1S/C10H19O3/c1-5-7-9(4)13-10(11)12-8(3)6-2/h6,8-9H,5,7H2,1-4H3/t8-,9+/m1/s1. The van der Waals surface area contributed by atoms with Crippen molar-refractivity contribution >= 4 is 6.16 Å². The minimum Gasteiger partial charge on any atom is -0.431 e. The highest BCUT2D eigenvalue weighted by atomic mass is 16.7. The van der Waals surface area contributed by atoms with E-state index in [4.69, 9.17) is 9.47 Å². The molecule has 1 radical (unpaired) electrons. The van der Waals surface area contributed by atoms with Crippen LogP contribution in [0.1, 0.15) is 40.5 Å². The molecule has 0 unspecified atom stereocenters. The Morgan fingerprint density at radius 1 is 1.38 bits per heavy atom. The van der Waals surface area contributed by atoms with Gasteiger partial charge >= 0.3 is 6.16 Å². The maximum absolute atomic E-state index is 11.0. The second kappa shape index (κ2) is 6.75. The molecular formula is C10H19O3. The summed E-state index contributed by atoms with van der Waals surface area (Å²) in [6, 6.07) is 0. The average molecular weight is 187 g/mol. The molecule has 0 aromatic rings. The summed E-state index contributed by atoms with van der Waals surface area (Å²) in [5.41, 5.74) is 0. The van der Waals surface area contributed by atoms with E-state index in [2.05, 4.69) is 0 Å². The zero-order valence-electron chi connectivity index (χ0n) is 8.87. The number of carbonyl (C=O) groups excluding carboxylic acids is 1. The minimum atomic E-state index is -0.577. The predicted molar refractivity (Wildman–Crippen MR) is 51.4 cm³/mol. The van der Waals surface area contributed by atoms with Gasteiger partial charge in [0.15, 0.2) is 0 Å². The number of hydrogen-bond donors (Lipinski definition) is 0. The highest BCUT2D eigenvalue weighted by Gasteiger charge is 2.12. The molecule has 3 nitrogen and oxygen atoms in total. The highest BCUT2D eigenvalue weighted by molar-refractivity contribution is 5.60. The van der Waals surface area contributed by atoms with Crippen LogP contribution < -0.4 is 0 Å². The Morgan fingerprint density at radius 3 is 2.46 bits per heavy atom. The first-order chi connectivity index (χ1) is 6.10. The molecule has 0 rings (SSSR count). The van der Waals surface area contributed by atoms with E-state index in [1.807, 2.05) is 20.8 Å². The number of ether oxygens (including phenoxy) is 2. The molecule has 0 aromatic carbocycles. The fraction of sp³-hybridized carbons (Fsp3) is 0.800. The van der Waals surface area contributed by atoms with Gasteiger partial charge in [-0.15, -0.1) is 0 Å².